The van der Waals surface area contributed by atoms with E-state index in [4.69, 9.17) is 10.3 Å². The summed E-state index contributed by atoms with van der Waals surface area (Å²) < 4.78 is 5.29. The molecular formula is C15H20N4O. The molecule has 20 heavy (non-hydrogen) atoms. The summed E-state index contributed by atoms with van der Waals surface area (Å²) in [6, 6.07) is 11.8. The number of nitrogens with zero attached hydrogens (tertiary/aromatic N) is 3. The van der Waals surface area contributed by atoms with Gasteiger partial charge >= 0.3 is 0 Å². The molecule has 1 aromatic heterocycles. The molecule has 0 saturated carbocycles. The topological polar surface area (TPSA) is 67.7 Å². The number of guanidine groups is 1. The van der Waals surface area contributed by atoms with Crippen LogP contribution < -0.4 is 5.73 Å². The normalized spacial score (nSPS) is 11.6. The Balaban J connectivity index is 2.05. The van der Waals surface area contributed by atoms with Crippen molar-refractivity contribution in [3.8, 4) is 11.3 Å². The van der Waals surface area contributed by atoms with Crippen molar-refractivity contribution < 1.29 is 4.52 Å². The number of nitrogens with two attached hydrogens (primary N) is 1. The van der Waals surface area contributed by atoms with Crippen molar-refractivity contribution in [1.29, 1.82) is 0 Å². The lowest BCUT2D eigenvalue weighted by molar-refractivity contribution is 0.385. The molecule has 5 nitrogen and oxygen atoms in total. The summed E-state index contributed by atoms with van der Waals surface area (Å²) in [5.74, 6) is 1.24. The summed E-state index contributed by atoms with van der Waals surface area (Å²) in [5.41, 5.74) is 7.77. The summed E-state index contributed by atoms with van der Waals surface area (Å²) in [6.07, 6.45) is 0. The van der Waals surface area contributed by atoms with E-state index in [0.29, 0.717) is 18.3 Å². The average molecular weight is 272 g/mol. The first-order valence-corrected chi connectivity index (χ1v) is 6.80. The van der Waals surface area contributed by atoms with Gasteiger partial charge in [-0.1, -0.05) is 35.5 Å². The second-order valence-electron chi connectivity index (χ2n) is 4.39. The molecule has 0 radical (unpaired) electrons. The molecule has 5 heteroatoms. The molecule has 0 saturated heterocycles. The van der Waals surface area contributed by atoms with E-state index in [1.54, 1.807) is 0 Å². The van der Waals surface area contributed by atoms with Gasteiger partial charge < -0.3 is 15.2 Å². The Bertz CT molecular complexity index is 558. The van der Waals surface area contributed by atoms with Crippen molar-refractivity contribution in [1.82, 2.24) is 10.1 Å². The van der Waals surface area contributed by atoms with Crippen LogP contribution in [0.5, 0.6) is 0 Å². The van der Waals surface area contributed by atoms with E-state index >= 15 is 0 Å². The second-order valence-corrected chi connectivity index (χ2v) is 4.39. The zero-order valence-electron chi connectivity index (χ0n) is 11.9. The van der Waals surface area contributed by atoms with Crippen LogP contribution in [-0.4, -0.2) is 29.1 Å². The Kier molecular flexibility index (Phi) is 4.76. The van der Waals surface area contributed by atoms with Crippen LogP contribution >= 0.6 is 0 Å². The van der Waals surface area contributed by atoms with E-state index in [-0.39, 0.29) is 0 Å². The maximum atomic E-state index is 5.92. The predicted molar refractivity (Wildman–Crippen MR) is 80.2 cm³/mol. The molecule has 0 spiro atoms. The minimum atomic E-state index is 0.405. The van der Waals surface area contributed by atoms with Crippen LogP contribution in [0.1, 0.15) is 19.6 Å². The molecule has 0 atom stereocenters. The van der Waals surface area contributed by atoms with E-state index in [1.165, 1.54) is 0 Å². The Morgan fingerprint density at radius 2 is 1.95 bits per heavy atom. The fourth-order valence-corrected chi connectivity index (χ4v) is 1.94. The van der Waals surface area contributed by atoms with Gasteiger partial charge in [0, 0.05) is 24.7 Å². The van der Waals surface area contributed by atoms with E-state index in [1.807, 2.05) is 55.1 Å². The van der Waals surface area contributed by atoms with Gasteiger partial charge in [0.1, 0.15) is 12.2 Å². The molecule has 0 aliphatic carbocycles. The minimum absolute atomic E-state index is 0.405. The largest absolute Gasteiger partial charge is 0.370 e. The smallest absolute Gasteiger partial charge is 0.191 e. The standard InChI is InChI=1S/C15H20N4O/c1-3-19(4-2)15(16)17-11-13-10-14(18-20-13)12-8-6-5-7-9-12/h5-10H,3-4,11H2,1-2H3,(H2,16,17). The maximum Gasteiger partial charge on any atom is 0.191 e. The summed E-state index contributed by atoms with van der Waals surface area (Å²) in [6.45, 7) is 6.19. The molecule has 106 valence electrons. The van der Waals surface area contributed by atoms with Crippen molar-refractivity contribution in [2.75, 3.05) is 13.1 Å². The molecule has 2 rings (SSSR count). The van der Waals surface area contributed by atoms with Crippen LogP contribution in [0.25, 0.3) is 11.3 Å². The molecule has 2 N–H and O–H groups in total. The molecule has 0 bridgehead atoms. The zero-order chi connectivity index (χ0) is 14.4. The van der Waals surface area contributed by atoms with Crippen LogP contribution in [0.4, 0.5) is 0 Å². The number of hydrogen-bond acceptors (Lipinski definition) is 3. The van der Waals surface area contributed by atoms with Crippen molar-refractivity contribution in [3.05, 3.63) is 42.2 Å². The van der Waals surface area contributed by atoms with Gasteiger partial charge in [0.2, 0.25) is 0 Å². The number of hydrogen-bond donors (Lipinski definition) is 1. The van der Waals surface area contributed by atoms with Crippen LogP contribution in [0.2, 0.25) is 0 Å². The van der Waals surface area contributed by atoms with Gasteiger partial charge in [0.15, 0.2) is 11.7 Å². The third kappa shape index (κ3) is 3.38. The number of benzene rings is 1. The fraction of sp³-hybridized carbons (Fsp3) is 0.333. The summed E-state index contributed by atoms with van der Waals surface area (Å²) in [7, 11) is 0. The van der Waals surface area contributed by atoms with Gasteiger partial charge in [-0.3, -0.25) is 0 Å². The van der Waals surface area contributed by atoms with Gasteiger partial charge in [0.05, 0.1) is 0 Å². The molecule has 0 amide bonds. The summed E-state index contributed by atoms with van der Waals surface area (Å²) >= 11 is 0. The number of aliphatic imine (C=N–C) groups is 1. The molecule has 0 unspecified atom stereocenters. The van der Waals surface area contributed by atoms with E-state index < -0.39 is 0 Å². The highest BCUT2D eigenvalue weighted by Crippen LogP contribution is 2.18. The van der Waals surface area contributed by atoms with Gasteiger partial charge in [0.25, 0.3) is 0 Å². The van der Waals surface area contributed by atoms with Gasteiger partial charge in [-0.2, -0.15) is 0 Å². The molecule has 1 heterocycles. The highest BCUT2D eigenvalue weighted by atomic mass is 16.5. The molecule has 0 fully saturated rings. The lowest BCUT2D eigenvalue weighted by Crippen LogP contribution is -2.36. The second kappa shape index (κ2) is 6.75. The SMILES string of the molecule is CCN(CC)C(N)=NCc1cc(-c2ccccc2)no1. The highest BCUT2D eigenvalue weighted by Gasteiger charge is 2.07. The predicted octanol–water partition coefficient (Wildman–Crippen LogP) is 2.50. The number of rotatable bonds is 5. The first kappa shape index (κ1) is 14.1. The van der Waals surface area contributed by atoms with E-state index in [2.05, 4.69) is 10.1 Å². The molecule has 2 aromatic rings. The Morgan fingerprint density at radius 1 is 1.25 bits per heavy atom. The Labute approximate surface area is 119 Å². The average Bonchev–Trinajstić information content (AvgIpc) is 2.96. The van der Waals surface area contributed by atoms with Crippen LogP contribution in [0.15, 0.2) is 45.9 Å². The van der Waals surface area contributed by atoms with E-state index in [0.717, 1.165) is 24.3 Å². The molecule has 1 aromatic carbocycles. The van der Waals surface area contributed by atoms with Crippen molar-refractivity contribution in [2.45, 2.75) is 20.4 Å². The fourth-order valence-electron chi connectivity index (χ4n) is 1.94. The monoisotopic (exact) mass is 272 g/mol. The quantitative estimate of drug-likeness (QED) is 0.670. The van der Waals surface area contributed by atoms with Gasteiger partial charge in [-0.05, 0) is 13.8 Å². The number of aromatic nitrogens is 1. The van der Waals surface area contributed by atoms with Crippen molar-refractivity contribution >= 4 is 5.96 Å². The Morgan fingerprint density at radius 3 is 2.60 bits per heavy atom. The van der Waals surface area contributed by atoms with Crippen molar-refractivity contribution in [3.63, 3.8) is 0 Å². The van der Waals surface area contributed by atoms with Crippen molar-refractivity contribution in [2.24, 2.45) is 10.7 Å². The lowest BCUT2D eigenvalue weighted by Gasteiger charge is -2.18. The highest BCUT2D eigenvalue weighted by molar-refractivity contribution is 5.78. The summed E-state index contributed by atoms with van der Waals surface area (Å²) in [5, 5.41) is 4.05. The minimum Gasteiger partial charge on any atom is -0.370 e. The van der Waals surface area contributed by atoms with Crippen LogP contribution in [0, 0.1) is 0 Å². The molecule has 0 aliphatic rings. The first-order valence-electron chi connectivity index (χ1n) is 6.80. The molecular weight excluding hydrogens is 252 g/mol. The molecule has 0 aliphatic heterocycles. The van der Waals surface area contributed by atoms with Gasteiger partial charge in [-0.15, -0.1) is 0 Å². The maximum absolute atomic E-state index is 5.92. The van der Waals surface area contributed by atoms with E-state index in [9.17, 15) is 0 Å². The van der Waals surface area contributed by atoms with Crippen LogP contribution in [-0.2, 0) is 6.54 Å². The third-order valence-corrected chi connectivity index (χ3v) is 3.11. The van der Waals surface area contributed by atoms with Gasteiger partial charge in [-0.25, -0.2) is 4.99 Å². The Hall–Kier alpha value is -2.30. The van der Waals surface area contributed by atoms with Crippen LogP contribution in [0.3, 0.4) is 0 Å². The first-order chi connectivity index (χ1) is 9.74. The lowest BCUT2D eigenvalue weighted by atomic mass is 10.1. The summed E-state index contributed by atoms with van der Waals surface area (Å²) in [4.78, 5) is 6.32. The third-order valence-electron chi connectivity index (χ3n) is 3.11. The zero-order valence-corrected chi connectivity index (χ0v) is 11.9.